The molecule has 3 N–H and O–H groups in total. The maximum Gasteiger partial charge on any atom is 0.226 e. The number of carbonyl (C=O) groups is 1. The molecule has 5 nitrogen and oxygen atoms in total. The van der Waals surface area contributed by atoms with Gasteiger partial charge < -0.3 is 15.8 Å². The van der Waals surface area contributed by atoms with Gasteiger partial charge in [0, 0.05) is 19.1 Å². The third-order valence-corrected chi connectivity index (χ3v) is 3.47. The number of rotatable bonds is 4. The molecule has 2 aliphatic heterocycles. The molecule has 6 heteroatoms. The average Bonchev–Trinajstić information content (AvgIpc) is 2.72. The highest BCUT2D eigenvalue weighted by atomic mass is 32.1. The summed E-state index contributed by atoms with van der Waals surface area (Å²) >= 11 is 4.68. The number of ether oxygens (including phenoxy) is 1. The molecular weight excluding hydrogens is 238 g/mol. The van der Waals surface area contributed by atoms with Crippen LogP contribution in [0.5, 0.6) is 0 Å². The second kappa shape index (κ2) is 5.75. The molecule has 0 radical (unpaired) electrons. The van der Waals surface area contributed by atoms with Crippen molar-refractivity contribution in [3.63, 3.8) is 0 Å². The zero-order valence-corrected chi connectivity index (χ0v) is 10.7. The summed E-state index contributed by atoms with van der Waals surface area (Å²) in [5.41, 5.74) is 5.30. The Morgan fingerprint density at radius 2 is 2.41 bits per heavy atom. The number of amides is 1. The predicted molar refractivity (Wildman–Crippen MR) is 68.7 cm³/mol. The fraction of sp³-hybridized carbons (Fsp3) is 0.818. The standard InChI is InChI=1S/C11H19N3O2S/c12-10(17)4-11(15)13-5-9-6-14-3-1-2-8(14)7-16-9/h8-9H,1-7H2,(H2,12,17)(H,13,15). The van der Waals surface area contributed by atoms with Gasteiger partial charge in [-0.05, 0) is 19.4 Å². The van der Waals surface area contributed by atoms with Crippen LogP contribution >= 0.6 is 12.2 Å². The summed E-state index contributed by atoms with van der Waals surface area (Å²) in [5.74, 6) is -0.121. The van der Waals surface area contributed by atoms with Crippen molar-refractivity contribution in [2.75, 3.05) is 26.2 Å². The number of carbonyl (C=O) groups excluding carboxylic acids is 1. The zero-order valence-electron chi connectivity index (χ0n) is 9.85. The number of nitrogens with one attached hydrogen (secondary N) is 1. The lowest BCUT2D eigenvalue weighted by molar-refractivity contribution is -0.121. The summed E-state index contributed by atoms with van der Waals surface area (Å²) in [5, 5.41) is 2.81. The Morgan fingerprint density at radius 1 is 1.59 bits per heavy atom. The van der Waals surface area contributed by atoms with Crippen LogP contribution in [-0.4, -0.2) is 54.2 Å². The second-order valence-corrected chi connectivity index (χ2v) is 5.22. The van der Waals surface area contributed by atoms with Gasteiger partial charge in [0.1, 0.15) is 0 Å². The third kappa shape index (κ3) is 3.62. The van der Waals surface area contributed by atoms with Gasteiger partial charge >= 0.3 is 0 Å². The summed E-state index contributed by atoms with van der Waals surface area (Å²) in [6.45, 7) is 3.41. The van der Waals surface area contributed by atoms with Crippen molar-refractivity contribution in [1.29, 1.82) is 0 Å². The van der Waals surface area contributed by atoms with E-state index in [2.05, 4.69) is 22.4 Å². The smallest absolute Gasteiger partial charge is 0.226 e. The van der Waals surface area contributed by atoms with Crippen molar-refractivity contribution in [3.05, 3.63) is 0 Å². The fourth-order valence-electron chi connectivity index (χ4n) is 2.46. The van der Waals surface area contributed by atoms with Gasteiger partial charge in [-0.1, -0.05) is 12.2 Å². The molecule has 2 fully saturated rings. The fourth-order valence-corrected chi connectivity index (χ4v) is 2.59. The molecule has 0 spiro atoms. The molecule has 2 atom stereocenters. The summed E-state index contributed by atoms with van der Waals surface area (Å²) in [6, 6.07) is 0.596. The van der Waals surface area contributed by atoms with E-state index in [0.29, 0.717) is 12.6 Å². The molecule has 1 amide bonds. The van der Waals surface area contributed by atoms with Crippen molar-refractivity contribution in [2.24, 2.45) is 5.73 Å². The average molecular weight is 257 g/mol. The minimum atomic E-state index is -0.121. The van der Waals surface area contributed by atoms with Gasteiger partial charge in [-0.15, -0.1) is 0 Å². The molecular formula is C11H19N3O2S. The number of nitrogens with two attached hydrogens (primary N) is 1. The zero-order chi connectivity index (χ0) is 12.3. The van der Waals surface area contributed by atoms with Gasteiger partial charge in [0.25, 0.3) is 0 Å². The van der Waals surface area contributed by atoms with E-state index in [1.807, 2.05) is 0 Å². The van der Waals surface area contributed by atoms with E-state index in [-0.39, 0.29) is 23.4 Å². The second-order valence-electron chi connectivity index (χ2n) is 4.69. The van der Waals surface area contributed by atoms with Crippen LogP contribution in [0.4, 0.5) is 0 Å². The normalized spacial score (nSPS) is 28.7. The van der Waals surface area contributed by atoms with E-state index < -0.39 is 0 Å². The maximum atomic E-state index is 11.4. The molecule has 0 bridgehead atoms. The maximum absolute atomic E-state index is 11.4. The summed E-state index contributed by atoms with van der Waals surface area (Å²) in [7, 11) is 0. The first-order chi connectivity index (χ1) is 8.15. The van der Waals surface area contributed by atoms with Gasteiger partial charge in [0.2, 0.25) is 5.91 Å². The Hall–Kier alpha value is -0.720. The van der Waals surface area contributed by atoms with Gasteiger partial charge in [-0.3, -0.25) is 9.69 Å². The molecule has 2 heterocycles. The molecule has 0 aromatic rings. The summed E-state index contributed by atoms with van der Waals surface area (Å²) in [4.78, 5) is 14.1. The highest BCUT2D eigenvalue weighted by molar-refractivity contribution is 7.80. The number of thiocarbonyl (C=S) groups is 1. The molecule has 0 aromatic carbocycles. The molecule has 0 aliphatic carbocycles. The van der Waals surface area contributed by atoms with Crippen LogP contribution in [0.15, 0.2) is 0 Å². The van der Waals surface area contributed by atoms with Crippen LogP contribution in [-0.2, 0) is 9.53 Å². The Labute approximate surface area is 107 Å². The summed E-state index contributed by atoms with van der Waals surface area (Å²) in [6.07, 6.45) is 2.71. The molecule has 17 heavy (non-hydrogen) atoms. The molecule has 0 saturated carbocycles. The monoisotopic (exact) mass is 257 g/mol. The first-order valence-electron chi connectivity index (χ1n) is 6.06. The molecule has 0 aromatic heterocycles. The van der Waals surface area contributed by atoms with E-state index in [9.17, 15) is 4.79 Å². The van der Waals surface area contributed by atoms with Crippen molar-refractivity contribution < 1.29 is 9.53 Å². The van der Waals surface area contributed by atoms with Gasteiger partial charge in [-0.2, -0.15) is 0 Å². The highest BCUT2D eigenvalue weighted by Crippen LogP contribution is 2.22. The van der Waals surface area contributed by atoms with Crippen LogP contribution in [0.25, 0.3) is 0 Å². The lowest BCUT2D eigenvalue weighted by Crippen LogP contribution is -2.50. The molecule has 2 saturated heterocycles. The number of nitrogens with zero attached hydrogens (tertiary/aromatic N) is 1. The Kier molecular flexibility index (Phi) is 4.31. The lowest BCUT2D eigenvalue weighted by atomic mass is 10.2. The van der Waals surface area contributed by atoms with Crippen molar-refractivity contribution >= 4 is 23.1 Å². The van der Waals surface area contributed by atoms with Crippen LogP contribution < -0.4 is 11.1 Å². The molecule has 2 unspecified atom stereocenters. The minimum Gasteiger partial charge on any atom is -0.393 e. The van der Waals surface area contributed by atoms with Crippen LogP contribution in [0.3, 0.4) is 0 Å². The Bertz CT molecular complexity index is 311. The number of fused-ring (bicyclic) bond motifs is 1. The van der Waals surface area contributed by atoms with Crippen molar-refractivity contribution in [2.45, 2.75) is 31.4 Å². The predicted octanol–water partition coefficient (Wildman–Crippen LogP) is -0.358. The first-order valence-corrected chi connectivity index (χ1v) is 6.46. The minimum absolute atomic E-state index is 0.0969. The number of hydrogen-bond acceptors (Lipinski definition) is 4. The van der Waals surface area contributed by atoms with E-state index in [4.69, 9.17) is 10.5 Å². The lowest BCUT2D eigenvalue weighted by Gasteiger charge is -2.35. The third-order valence-electron chi connectivity index (χ3n) is 3.32. The SMILES string of the molecule is NC(=S)CC(=O)NCC1CN2CCCC2CO1. The number of hydrogen-bond donors (Lipinski definition) is 2. The Morgan fingerprint density at radius 3 is 3.18 bits per heavy atom. The molecule has 96 valence electrons. The Balaban J connectivity index is 1.69. The van der Waals surface area contributed by atoms with Crippen molar-refractivity contribution in [3.8, 4) is 0 Å². The van der Waals surface area contributed by atoms with E-state index in [1.54, 1.807) is 0 Å². The first kappa shape index (κ1) is 12.7. The van der Waals surface area contributed by atoms with E-state index in [1.165, 1.54) is 12.8 Å². The quantitative estimate of drug-likeness (QED) is 0.673. The van der Waals surface area contributed by atoms with E-state index >= 15 is 0 Å². The van der Waals surface area contributed by atoms with Gasteiger partial charge in [0.05, 0.1) is 24.1 Å². The van der Waals surface area contributed by atoms with Gasteiger partial charge in [0.15, 0.2) is 0 Å². The van der Waals surface area contributed by atoms with Gasteiger partial charge in [-0.25, -0.2) is 0 Å². The molecule has 2 rings (SSSR count). The van der Waals surface area contributed by atoms with E-state index in [0.717, 1.165) is 19.7 Å². The van der Waals surface area contributed by atoms with Crippen LogP contribution in [0.1, 0.15) is 19.3 Å². The highest BCUT2D eigenvalue weighted by Gasteiger charge is 2.32. The number of morpholine rings is 1. The molecule has 2 aliphatic rings. The van der Waals surface area contributed by atoms with Crippen LogP contribution in [0, 0.1) is 0 Å². The van der Waals surface area contributed by atoms with Crippen molar-refractivity contribution in [1.82, 2.24) is 10.2 Å². The summed E-state index contributed by atoms with van der Waals surface area (Å²) < 4.78 is 5.73. The largest absolute Gasteiger partial charge is 0.393 e. The topological polar surface area (TPSA) is 67.6 Å². The van der Waals surface area contributed by atoms with Crippen LogP contribution in [0.2, 0.25) is 0 Å².